The molecule has 2 aromatic rings. The van der Waals surface area contributed by atoms with Crippen molar-refractivity contribution in [1.82, 2.24) is 10.2 Å². The predicted octanol–water partition coefficient (Wildman–Crippen LogP) is 2.24. The van der Waals surface area contributed by atoms with Gasteiger partial charge in [-0.05, 0) is 5.56 Å². The van der Waals surface area contributed by atoms with Crippen LogP contribution >= 0.6 is 0 Å². The third-order valence-corrected chi connectivity index (χ3v) is 2.63. The van der Waals surface area contributed by atoms with Crippen molar-refractivity contribution in [2.75, 3.05) is 13.2 Å². The maximum atomic E-state index is 11.9. The highest BCUT2D eigenvalue weighted by Crippen LogP contribution is 2.18. The molecule has 8 heteroatoms. The molecule has 114 valence electrons. The minimum absolute atomic E-state index is 0.102. The van der Waals surface area contributed by atoms with Gasteiger partial charge >= 0.3 is 6.18 Å². The maximum absolute atomic E-state index is 11.9. The van der Waals surface area contributed by atoms with Crippen molar-refractivity contribution >= 4 is 0 Å². The van der Waals surface area contributed by atoms with E-state index in [1.807, 2.05) is 30.3 Å². The second-order valence-corrected chi connectivity index (χ2v) is 4.34. The average molecular weight is 301 g/mol. The minimum atomic E-state index is -4.34. The molecule has 0 fully saturated rings. The molecule has 1 aromatic heterocycles. The number of aromatic nitrogens is 2. The minimum Gasteiger partial charge on any atom is -0.423 e. The molecule has 0 aliphatic carbocycles. The van der Waals surface area contributed by atoms with E-state index in [0.717, 1.165) is 5.56 Å². The van der Waals surface area contributed by atoms with Gasteiger partial charge in [0.05, 0.1) is 6.61 Å². The summed E-state index contributed by atoms with van der Waals surface area (Å²) in [5.74, 6) is 0.408. The first-order valence-electron chi connectivity index (χ1n) is 6.23. The Balaban J connectivity index is 1.87. The third-order valence-electron chi connectivity index (χ3n) is 2.63. The maximum Gasteiger partial charge on any atom is 0.411 e. The first kappa shape index (κ1) is 15.5. The van der Waals surface area contributed by atoms with Gasteiger partial charge in [-0.1, -0.05) is 30.3 Å². The summed E-state index contributed by atoms with van der Waals surface area (Å²) in [6, 6.07) is 8.59. The van der Waals surface area contributed by atoms with Crippen LogP contribution in [-0.2, 0) is 11.2 Å². The number of hydrogen-bond acceptors (Lipinski definition) is 5. The molecule has 0 saturated carbocycles. The lowest BCUT2D eigenvalue weighted by Gasteiger charge is -2.07. The molecule has 1 unspecified atom stereocenters. The Bertz CT molecular complexity index is 557. The molecule has 21 heavy (non-hydrogen) atoms. The first-order chi connectivity index (χ1) is 9.96. The molecule has 0 aliphatic heterocycles. The lowest BCUT2D eigenvalue weighted by Crippen LogP contribution is -2.18. The second kappa shape index (κ2) is 6.68. The van der Waals surface area contributed by atoms with E-state index in [1.165, 1.54) is 0 Å². The van der Waals surface area contributed by atoms with Crippen molar-refractivity contribution in [3.05, 3.63) is 47.7 Å². The number of nitrogens with two attached hydrogens (primary N) is 1. The Morgan fingerprint density at radius 2 is 1.90 bits per heavy atom. The van der Waals surface area contributed by atoms with Gasteiger partial charge in [0.2, 0.25) is 11.8 Å². The summed E-state index contributed by atoms with van der Waals surface area (Å²) in [5, 5.41) is 7.54. The highest BCUT2D eigenvalue weighted by atomic mass is 19.4. The fourth-order valence-corrected chi connectivity index (χ4v) is 1.64. The monoisotopic (exact) mass is 301 g/mol. The van der Waals surface area contributed by atoms with Crippen LogP contribution in [0.2, 0.25) is 0 Å². The zero-order valence-electron chi connectivity index (χ0n) is 11.0. The zero-order chi connectivity index (χ0) is 15.3. The van der Waals surface area contributed by atoms with Crippen LogP contribution in [0.5, 0.6) is 0 Å². The Morgan fingerprint density at radius 3 is 2.57 bits per heavy atom. The lowest BCUT2D eigenvalue weighted by molar-refractivity contribution is -0.173. The third kappa shape index (κ3) is 4.83. The van der Waals surface area contributed by atoms with Gasteiger partial charge in [0.1, 0.15) is 12.6 Å². The molecular weight excluding hydrogens is 287 g/mol. The molecule has 0 aliphatic rings. The number of hydrogen-bond donors (Lipinski definition) is 1. The summed E-state index contributed by atoms with van der Waals surface area (Å²) >= 11 is 0. The fraction of sp³-hybridized carbons (Fsp3) is 0.385. The van der Waals surface area contributed by atoms with Crippen LogP contribution in [-0.4, -0.2) is 29.6 Å². The van der Waals surface area contributed by atoms with Crippen molar-refractivity contribution in [2.45, 2.75) is 18.6 Å². The quantitative estimate of drug-likeness (QED) is 0.828. The molecule has 1 aromatic carbocycles. The number of alkyl halides is 3. The van der Waals surface area contributed by atoms with Crippen LogP contribution in [0.4, 0.5) is 13.2 Å². The van der Waals surface area contributed by atoms with Gasteiger partial charge in [-0.25, -0.2) is 0 Å². The van der Waals surface area contributed by atoms with Gasteiger partial charge in [0.25, 0.3) is 0 Å². The van der Waals surface area contributed by atoms with Crippen LogP contribution < -0.4 is 5.73 Å². The van der Waals surface area contributed by atoms with Crippen molar-refractivity contribution in [3.8, 4) is 0 Å². The summed E-state index contributed by atoms with van der Waals surface area (Å²) < 4.78 is 45.5. The summed E-state index contributed by atoms with van der Waals surface area (Å²) in [6.45, 7) is -1.45. The van der Waals surface area contributed by atoms with Crippen molar-refractivity contribution in [3.63, 3.8) is 0 Å². The van der Waals surface area contributed by atoms with Crippen LogP contribution in [0.25, 0.3) is 0 Å². The lowest BCUT2D eigenvalue weighted by atomic mass is 10.1. The molecule has 0 radical (unpaired) electrons. The van der Waals surface area contributed by atoms with Crippen molar-refractivity contribution in [1.29, 1.82) is 0 Å². The standard InChI is InChI=1S/C13H14F3N3O2/c14-13(15,16)8-20-7-6-10-18-19-12(21-10)11(17)9-4-2-1-3-5-9/h1-5,11H,6-8,17H2. The van der Waals surface area contributed by atoms with E-state index >= 15 is 0 Å². The van der Waals surface area contributed by atoms with E-state index in [1.54, 1.807) is 0 Å². The number of benzene rings is 1. The summed E-state index contributed by atoms with van der Waals surface area (Å²) in [7, 11) is 0. The van der Waals surface area contributed by atoms with Crippen LogP contribution in [0.15, 0.2) is 34.7 Å². The molecule has 0 spiro atoms. The molecule has 2 N–H and O–H groups in total. The second-order valence-electron chi connectivity index (χ2n) is 4.34. The average Bonchev–Trinajstić information content (AvgIpc) is 2.91. The topological polar surface area (TPSA) is 74.2 Å². The molecule has 0 amide bonds. The van der Waals surface area contributed by atoms with Crippen molar-refractivity contribution < 1.29 is 22.3 Å². The molecule has 1 atom stereocenters. The van der Waals surface area contributed by atoms with Gasteiger partial charge < -0.3 is 14.9 Å². The van der Waals surface area contributed by atoms with Gasteiger partial charge in [0, 0.05) is 6.42 Å². The predicted molar refractivity (Wildman–Crippen MR) is 67.3 cm³/mol. The van der Waals surface area contributed by atoms with Gasteiger partial charge in [-0.15, -0.1) is 10.2 Å². The molecule has 0 bridgehead atoms. The van der Waals surface area contributed by atoms with E-state index in [9.17, 15) is 13.2 Å². The van der Waals surface area contributed by atoms with Crippen molar-refractivity contribution in [2.24, 2.45) is 5.73 Å². The number of ether oxygens (including phenoxy) is 1. The molecular formula is C13H14F3N3O2. The van der Waals surface area contributed by atoms with E-state index in [0.29, 0.717) is 0 Å². The van der Waals surface area contributed by atoms with Crippen LogP contribution in [0.3, 0.4) is 0 Å². The van der Waals surface area contributed by atoms with Gasteiger partial charge in [-0.3, -0.25) is 0 Å². The Labute approximate surface area is 118 Å². The molecule has 2 rings (SSSR count). The van der Waals surface area contributed by atoms with E-state index in [-0.39, 0.29) is 24.8 Å². The number of nitrogens with zero attached hydrogens (tertiary/aromatic N) is 2. The molecule has 0 saturated heterocycles. The first-order valence-corrected chi connectivity index (χ1v) is 6.23. The Hall–Kier alpha value is -1.93. The Kier molecular flexibility index (Phi) is 4.92. The number of halogens is 3. The van der Waals surface area contributed by atoms with E-state index in [4.69, 9.17) is 10.2 Å². The van der Waals surface area contributed by atoms with Gasteiger partial charge in [0.15, 0.2) is 0 Å². The smallest absolute Gasteiger partial charge is 0.411 e. The van der Waals surface area contributed by atoms with Crippen LogP contribution in [0, 0.1) is 0 Å². The zero-order valence-corrected chi connectivity index (χ0v) is 11.0. The fourth-order valence-electron chi connectivity index (χ4n) is 1.64. The van der Waals surface area contributed by atoms with Gasteiger partial charge in [-0.2, -0.15) is 13.2 Å². The SMILES string of the molecule is NC(c1ccccc1)c1nnc(CCOCC(F)(F)F)o1. The highest BCUT2D eigenvalue weighted by molar-refractivity contribution is 5.22. The summed E-state index contributed by atoms with van der Waals surface area (Å²) in [5.41, 5.74) is 6.77. The number of rotatable bonds is 6. The molecule has 1 heterocycles. The highest BCUT2D eigenvalue weighted by Gasteiger charge is 2.27. The summed E-state index contributed by atoms with van der Waals surface area (Å²) in [4.78, 5) is 0. The summed E-state index contributed by atoms with van der Waals surface area (Å²) in [6.07, 6.45) is -4.24. The Morgan fingerprint density at radius 1 is 1.19 bits per heavy atom. The van der Waals surface area contributed by atoms with Crippen LogP contribution in [0.1, 0.15) is 23.4 Å². The van der Waals surface area contributed by atoms with E-state index in [2.05, 4.69) is 14.9 Å². The molecule has 5 nitrogen and oxygen atoms in total. The normalized spacial score (nSPS) is 13.3. The largest absolute Gasteiger partial charge is 0.423 e. The van der Waals surface area contributed by atoms with E-state index < -0.39 is 18.8 Å².